The molecule has 1 heterocycles. The van der Waals surface area contributed by atoms with E-state index in [4.69, 9.17) is 0 Å². The zero-order valence-electron chi connectivity index (χ0n) is 7.10. The molecule has 2 heteroatoms. The van der Waals surface area contributed by atoms with Crippen molar-refractivity contribution in [2.75, 3.05) is 0 Å². The van der Waals surface area contributed by atoms with Crippen molar-refractivity contribution in [3.8, 4) is 0 Å². The van der Waals surface area contributed by atoms with E-state index >= 15 is 0 Å². The van der Waals surface area contributed by atoms with Crippen molar-refractivity contribution in [2.24, 2.45) is 0 Å². The van der Waals surface area contributed by atoms with Crippen molar-refractivity contribution in [1.82, 2.24) is 5.32 Å². The van der Waals surface area contributed by atoms with Crippen molar-refractivity contribution >= 4 is 0 Å². The third kappa shape index (κ3) is 1.12. The zero-order chi connectivity index (χ0) is 8.55. The summed E-state index contributed by atoms with van der Waals surface area (Å²) in [5.74, 6) is 0. The number of hydrogen-bond acceptors (Lipinski definition) is 1. The summed E-state index contributed by atoms with van der Waals surface area (Å²) in [6, 6.07) is 5.86. The van der Waals surface area contributed by atoms with Gasteiger partial charge in [-0.3, -0.25) is 0 Å². The van der Waals surface area contributed by atoms with Crippen molar-refractivity contribution < 1.29 is 4.39 Å². The molecule has 1 aromatic carbocycles. The molecule has 0 spiro atoms. The monoisotopic (exact) mass is 165 g/mol. The summed E-state index contributed by atoms with van der Waals surface area (Å²) in [6.07, 6.45) is -0.847. The molecule has 1 aliphatic rings. The molecule has 0 amide bonds. The Morgan fingerprint density at radius 1 is 1.42 bits per heavy atom. The van der Waals surface area contributed by atoms with Crippen LogP contribution in [0.25, 0.3) is 0 Å². The van der Waals surface area contributed by atoms with Gasteiger partial charge in [-0.15, -0.1) is 0 Å². The molecule has 0 fully saturated rings. The van der Waals surface area contributed by atoms with Crippen LogP contribution in [0.1, 0.15) is 29.8 Å². The second-order valence-electron chi connectivity index (χ2n) is 3.20. The maximum atomic E-state index is 13.1. The van der Waals surface area contributed by atoms with Crippen LogP contribution in [-0.4, -0.2) is 0 Å². The first kappa shape index (κ1) is 7.74. The summed E-state index contributed by atoms with van der Waals surface area (Å²) in [5.41, 5.74) is 3.25. The fourth-order valence-corrected chi connectivity index (χ4v) is 1.73. The lowest BCUT2D eigenvalue weighted by molar-refractivity contribution is 0.372. The lowest BCUT2D eigenvalue weighted by Crippen LogP contribution is -2.01. The summed E-state index contributed by atoms with van der Waals surface area (Å²) in [4.78, 5) is 0. The van der Waals surface area contributed by atoms with E-state index in [1.54, 1.807) is 6.92 Å². The molecule has 0 radical (unpaired) electrons. The maximum Gasteiger partial charge on any atom is 0.123 e. The summed E-state index contributed by atoms with van der Waals surface area (Å²) in [5, 5.41) is 3.22. The Hall–Kier alpha value is -0.890. The Morgan fingerprint density at radius 3 is 3.00 bits per heavy atom. The molecule has 1 atom stereocenters. The Kier molecular flexibility index (Phi) is 1.85. The second-order valence-corrected chi connectivity index (χ2v) is 3.20. The number of fused-ring (bicyclic) bond motifs is 1. The molecule has 0 aliphatic carbocycles. The van der Waals surface area contributed by atoms with E-state index in [9.17, 15) is 4.39 Å². The number of halogens is 1. The Labute approximate surface area is 71.6 Å². The first-order chi connectivity index (χ1) is 5.79. The van der Waals surface area contributed by atoms with Crippen LogP contribution in [0.15, 0.2) is 18.2 Å². The first-order valence-corrected chi connectivity index (χ1v) is 4.24. The highest BCUT2D eigenvalue weighted by molar-refractivity contribution is 5.38. The molecule has 12 heavy (non-hydrogen) atoms. The van der Waals surface area contributed by atoms with Gasteiger partial charge in [0.05, 0.1) is 0 Å². The van der Waals surface area contributed by atoms with Gasteiger partial charge in [0.15, 0.2) is 0 Å². The normalized spacial score (nSPS) is 17.5. The highest BCUT2D eigenvalue weighted by Crippen LogP contribution is 2.26. The Balaban J connectivity index is 2.49. The summed E-state index contributed by atoms with van der Waals surface area (Å²) >= 11 is 0. The van der Waals surface area contributed by atoms with Crippen LogP contribution < -0.4 is 5.32 Å². The molecule has 1 unspecified atom stereocenters. The predicted molar refractivity (Wildman–Crippen MR) is 46.5 cm³/mol. The van der Waals surface area contributed by atoms with Gasteiger partial charge in [-0.1, -0.05) is 18.2 Å². The van der Waals surface area contributed by atoms with E-state index in [1.807, 2.05) is 12.1 Å². The molecule has 1 nitrogen and oxygen atoms in total. The minimum absolute atomic E-state index is 0.819. The molecule has 0 bridgehead atoms. The number of benzene rings is 1. The lowest BCUT2D eigenvalue weighted by Gasteiger charge is -2.07. The van der Waals surface area contributed by atoms with Gasteiger partial charge in [-0.25, -0.2) is 4.39 Å². The topological polar surface area (TPSA) is 12.0 Å². The minimum Gasteiger partial charge on any atom is -0.309 e. The molecule has 64 valence electrons. The van der Waals surface area contributed by atoms with Gasteiger partial charge in [0.25, 0.3) is 0 Å². The Bertz CT molecular complexity index is 294. The van der Waals surface area contributed by atoms with Crippen molar-refractivity contribution in [2.45, 2.75) is 26.2 Å². The average Bonchev–Trinajstić information content (AvgIpc) is 2.49. The predicted octanol–water partition coefficient (Wildman–Crippen LogP) is 2.32. The van der Waals surface area contributed by atoms with Crippen LogP contribution in [0, 0.1) is 0 Å². The molecular weight excluding hydrogens is 153 g/mol. The lowest BCUT2D eigenvalue weighted by atomic mass is 10.0. The minimum atomic E-state index is -0.847. The van der Waals surface area contributed by atoms with Crippen LogP contribution in [0.5, 0.6) is 0 Å². The largest absolute Gasteiger partial charge is 0.309 e. The van der Waals surface area contributed by atoms with Gasteiger partial charge < -0.3 is 5.32 Å². The number of nitrogens with one attached hydrogen (secondary N) is 1. The van der Waals surface area contributed by atoms with Crippen LogP contribution in [0.2, 0.25) is 0 Å². The standard InChI is InChI=1S/C10H12FN/c1-7(11)9-4-2-3-8-5-12-6-10(8)9/h2-4,7,12H,5-6H2,1H3. The molecule has 0 saturated heterocycles. The summed E-state index contributed by atoms with van der Waals surface area (Å²) < 4.78 is 13.1. The van der Waals surface area contributed by atoms with Gasteiger partial charge in [0.1, 0.15) is 6.17 Å². The summed E-state index contributed by atoms with van der Waals surface area (Å²) in [7, 11) is 0. The van der Waals surface area contributed by atoms with Crippen LogP contribution in [-0.2, 0) is 13.1 Å². The van der Waals surface area contributed by atoms with E-state index in [0.717, 1.165) is 24.2 Å². The molecule has 1 N–H and O–H groups in total. The van der Waals surface area contributed by atoms with Gasteiger partial charge in [0, 0.05) is 13.1 Å². The molecule has 0 saturated carbocycles. The summed E-state index contributed by atoms with van der Waals surface area (Å²) in [6.45, 7) is 3.30. The smallest absolute Gasteiger partial charge is 0.123 e. The maximum absolute atomic E-state index is 13.1. The van der Waals surface area contributed by atoms with Gasteiger partial charge in [-0.05, 0) is 23.6 Å². The number of alkyl halides is 1. The van der Waals surface area contributed by atoms with Gasteiger partial charge >= 0.3 is 0 Å². The van der Waals surface area contributed by atoms with E-state index in [0.29, 0.717) is 0 Å². The number of rotatable bonds is 1. The number of hydrogen-bond donors (Lipinski definition) is 1. The molecule has 0 aromatic heterocycles. The zero-order valence-corrected chi connectivity index (χ0v) is 7.10. The molecular formula is C10H12FN. The van der Waals surface area contributed by atoms with Crippen LogP contribution in [0.3, 0.4) is 0 Å². The van der Waals surface area contributed by atoms with E-state index in [1.165, 1.54) is 5.56 Å². The quantitative estimate of drug-likeness (QED) is 0.673. The van der Waals surface area contributed by atoms with Crippen LogP contribution >= 0.6 is 0 Å². The van der Waals surface area contributed by atoms with E-state index in [2.05, 4.69) is 11.4 Å². The fraction of sp³-hybridized carbons (Fsp3) is 0.400. The van der Waals surface area contributed by atoms with Crippen LogP contribution in [0.4, 0.5) is 4.39 Å². The SMILES string of the molecule is CC(F)c1cccc2c1CNC2. The van der Waals surface area contributed by atoms with Crippen molar-refractivity contribution in [3.63, 3.8) is 0 Å². The molecule has 2 rings (SSSR count). The van der Waals surface area contributed by atoms with Gasteiger partial charge in [-0.2, -0.15) is 0 Å². The van der Waals surface area contributed by atoms with E-state index in [-0.39, 0.29) is 0 Å². The van der Waals surface area contributed by atoms with Gasteiger partial charge in [0.2, 0.25) is 0 Å². The highest BCUT2D eigenvalue weighted by atomic mass is 19.1. The highest BCUT2D eigenvalue weighted by Gasteiger charge is 2.16. The first-order valence-electron chi connectivity index (χ1n) is 4.24. The fourth-order valence-electron chi connectivity index (χ4n) is 1.73. The second kappa shape index (κ2) is 2.87. The average molecular weight is 165 g/mol. The third-order valence-corrected chi connectivity index (χ3v) is 2.36. The third-order valence-electron chi connectivity index (χ3n) is 2.36. The van der Waals surface area contributed by atoms with E-state index < -0.39 is 6.17 Å². The molecule has 1 aromatic rings. The van der Waals surface area contributed by atoms with Crippen molar-refractivity contribution in [1.29, 1.82) is 0 Å². The Morgan fingerprint density at radius 2 is 2.25 bits per heavy atom. The molecule has 1 aliphatic heterocycles. The van der Waals surface area contributed by atoms with Crippen molar-refractivity contribution in [3.05, 3.63) is 34.9 Å².